The third kappa shape index (κ3) is 3.82. The van der Waals surface area contributed by atoms with Crippen molar-refractivity contribution in [1.29, 1.82) is 0 Å². The van der Waals surface area contributed by atoms with Gasteiger partial charge in [0, 0.05) is 10.4 Å². The number of aromatic nitrogens is 1. The van der Waals surface area contributed by atoms with Gasteiger partial charge in [0.1, 0.15) is 12.4 Å². The second-order valence-electron chi connectivity index (χ2n) is 5.02. The first-order chi connectivity index (χ1) is 10.2. The third-order valence-electron chi connectivity index (χ3n) is 3.28. The molecule has 0 atom stereocenters. The Morgan fingerprint density at radius 2 is 2.00 bits per heavy atom. The maximum atomic E-state index is 11.8. The maximum Gasteiger partial charge on any atom is 0.413 e. The molecule has 0 saturated heterocycles. The number of hydrogen-bond donors (Lipinski definition) is 1. The SMILES string of the molecule is O=C(Nc1ccc(Br)c(C2CC2)n1)OCc1ccccc1. The molecule has 0 radical (unpaired) electrons. The molecule has 1 aliphatic carbocycles. The molecule has 0 bridgehead atoms. The number of rotatable bonds is 4. The van der Waals surface area contributed by atoms with Crippen LogP contribution >= 0.6 is 15.9 Å². The van der Waals surface area contributed by atoms with Crippen LogP contribution in [-0.4, -0.2) is 11.1 Å². The van der Waals surface area contributed by atoms with E-state index in [1.165, 1.54) is 0 Å². The molecule has 1 fully saturated rings. The van der Waals surface area contributed by atoms with Crippen LogP contribution in [0.2, 0.25) is 0 Å². The fourth-order valence-electron chi connectivity index (χ4n) is 2.03. The van der Waals surface area contributed by atoms with Gasteiger partial charge in [0.05, 0.1) is 5.69 Å². The summed E-state index contributed by atoms with van der Waals surface area (Å²) in [5.74, 6) is 1.04. The molecule has 1 aromatic carbocycles. The first-order valence-electron chi connectivity index (χ1n) is 6.86. The average molecular weight is 347 g/mol. The molecule has 1 heterocycles. The van der Waals surface area contributed by atoms with E-state index in [1.54, 1.807) is 6.07 Å². The summed E-state index contributed by atoms with van der Waals surface area (Å²) < 4.78 is 6.17. The monoisotopic (exact) mass is 346 g/mol. The molecule has 3 rings (SSSR count). The molecule has 0 aliphatic heterocycles. The Bertz CT molecular complexity index is 642. The van der Waals surface area contributed by atoms with Gasteiger partial charge < -0.3 is 4.74 Å². The van der Waals surface area contributed by atoms with Crippen molar-refractivity contribution in [2.75, 3.05) is 5.32 Å². The van der Waals surface area contributed by atoms with Crippen LogP contribution in [0.15, 0.2) is 46.9 Å². The summed E-state index contributed by atoms with van der Waals surface area (Å²) in [6.45, 7) is 0.249. The minimum atomic E-state index is -0.490. The van der Waals surface area contributed by atoms with E-state index in [0.717, 1.165) is 28.6 Å². The molecular formula is C16H15BrN2O2. The minimum Gasteiger partial charge on any atom is -0.444 e. The number of hydrogen-bond acceptors (Lipinski definition) is 3. The molecule has 1 amide bonds. The molecule has 5 heteroatoms. The summed E-state index contributed by atoms with van der Waals surface area (Å²) in [5, 5.41) is 2.67. The highest BCUT2D eigenvalue weighted by molar-refractivity contribution is 9.10. The predicted octanol–water partition coefficient (Wildman–Crippen LogP) is 4.47. The van der Waals surface area contributed by atoms with Crippen molar-refractivity contribution < 1.29 is 9.53 Å². The van der Waals surface area contributed by atoms with Gasteiger partial charge in [-0.15, -0.1) is 0 Å². The normalized spacial score (nSPS) is 13.8. The van der Waals surface area contributed by atoms with Crippen molar-refractivity contribution in [2.45, 2.75) is 25.4 Å². The van der Waals surface area contributed by atoms with E-state index in [1.807, 2.05) is 36.4 Å². The number of carbonyl (C=O) groups excluding carboxylic acids is 1. The van der Waals surface area contributed by atoms with Crippen LogP contribution in [0.25, 0.3) is 0 Å². The van der Waals surface area contributed by atoms with E-state index >= 15 is 0 Å². The van der Waals surface area contributed by atoms with E-state index in [9.17, 15) is 4.79 Å². The topological polar surface area (TPSA) is 51.2 Å². The standard InChI is InChI=1S/C16H15BrN2O2/c17-13-8-9-14(18-15(13)12-6-7-12)19-16(20)21-10-11-4-2-1-3-5-11/h1-5,8-9,12H,6-7,10H2,(H,18,19,20). The first-order valence-corrected chi connectivity index (χ1v) is 7.66. The number of benzene rings is 1. The lowest BCUT2D eigenvalue weighted by atomic mass is 10.2. The van der Waals surface area contributed by atoms with Crippen LogP contribution in [-0.2, 0) is 11.3 Å². The predicted molar refractivity (Wildman–Crippen MR) is 84.2 cm³/mol. The van der Waals surface area contributed by atoms with Gasteiger partial charge in [-0.25, -0.2) is 9.78 Å². The number of nitrogens with zero attached hydrogens (tertiary/aromatic N) is 1. The lowest BCUT2D eigenvalue weighted by Crippen LogP contribution is -2.14. The summed E-state index contributed by atoms with van der Waals surface area (Å²) >= 11 is 3.49. The molecule has 1 aromatic heterocycles. The molecule has 2 aromatic rings. The van der Waals surface area contributed by atoms with E-state index in [-0.39, 0.29) is 6.61 Å². The van der Waals surface area contributed by atoms with Gasteiger partial charge in [0.15, 0.2) is 0 Å². The second-order valence-corrected chi connectivity index (χ2v) is 5.88. The van der Waals surface area contributed by atoms with Gasteiger partial charge in [0.2, 0.25) is 0 Å². The number of carbonyl (C=O) groups is 1. The van der Waals surface area contributed by atoms with Crippen molar-refractivity contribution in [3.05, 3.63) is 58.2 Å². The highest BCUT2D eigenvalue weighted by Crippen LogP contribution is 2.42. The zero-order valence-corrected chi connectivity index (χ0v) is 13.0. The molecular weight excluding hydrogens is 332 g/mol. The zero-order valence-electron chi connectivity index (χ0n) is 11.4. The van der Waals surface area contributed by atoms with E-state index in [4.69, 9.17) is 4.74 Å². The molecule has 21 heavy (non-hydrogen) atoms. The van der Waals surface area contributed by atoms with Gasteiger partial charge in [-0.05, 0) is 46.5 Å². The summed E-state index contributed by atoms with van der Waals surface area (Å²) in [5.41, 5.74) is 1.96. The Labute approximate surface area is 131 Å². The lowest BCUT2D eigenvalue weighted by molar-refractivity contribution is 0.155. The van der Waals surface area contributed by atoms with Crippen molar-refractivity contribution in [3.8, 4) is 0 Å². The molecule has 0 spiro atoms. The minimum absolute atomic E-state index is 0.249. The number of amides is 1. The van der Waals surface area contributed by atoms with Crippen LogP contribution in [0.4, 0.5) is 10.6 Å². The molecule has 108 valence electrons. The number of anilines is 1. The largest absolute Gasteiger partial charge is 0.444 e. The van der Waals surface area contributed by atoms with E-state index in [0.29, 0.717) is 11.7 Å². The maximum absolute atomic E-state index is 11.8. The van der Waals surface area contributed by atoms with Gasteiger partial charge in [0.25, 0.3) is 0 Å². The molecule has 4 nitrogen and oxygen atoms in total. The summed E-state index contributed by atoms with van der Waals surface area (Å²) in [6.07, 6.45) is 1.83. The first kappa shape index (κ1) is 14.1. The Morgan fingerprint density at radius 3 is 2.71 bits per heavy atom. The Hall–Kier alpha value is -1.88. The number of halogens is 1. The van der Waals surface area contributed by atoms with Gasteiger partial charge in [-0.3, -0.25) is 5.32 Å². The lowest BCUT2D eigenvalue weighted by Gasteiger charge is -2.08. The van der Waals surface area contributed by atoms with Crippen molar-refractivity contribution in [2.24, 2.45) is 0 Å². The fourth-order valence-corrected chi connectivity index (χ4v) is 2.58. The molecule has 1 N–H and O–H groups in total. The van der Waals surface area contributed by atoms with E-state index in [2.05, 4.69) is 26.2 Å². The number of pyridine rings is 1. The summed E-state index contributed by atoms with van der Waals surface area (Å²) in [4.78, 5) is 16.3. The van der Waals surface area contributed by atoms with Gasteiger partial charge >= 0.3 is 6.09 Å². The summed E-state index contributed by atoms with van der Waals surface area (Å²) in [7, 11) is 0. The number of nitrogens with one attached hydrogen (secondary N) is 1. The van der Waals surface area contributed by atoms with Crippen molar-refractivity contribution in [3.63, 3.8) is 0 Å². The smallest absolute Gasteiger partial charge is 0.413 e. The van der Waals surface area contributed by atoms with Crippen LogP contribution in [0.5, 0.6) is 0 Å². The van der Waals surface area contributed by atoms with Crippen molar-refractivity contribution in [1.82, 2.24) is 4.98 Å². The van der Waals surface area contributed by atoms with E-state index < -0.39 is 6.09 Å². The Kier molecular flexibility index (Phi) is 4.20. The fraction of sp³-hybridized carbons (Fsp3) is 0.250. The molecule has 1 aliphatic rings. The van der Waals surface area contributed by atoms with Crippen molar-refractivity contribution >= 4 is 27.8 Å². The van der Waals surface area contributed by atoms with Crippen LogP contribution in [0, 0.1) is 0 Å². The highest BCUT2D eigenvalue weighted by Gasteiger charge is 2.27. The zero-order chi connectivity index (χ0) is 14.7. The molecule has 1 saturated carbocycles. The average Bonchev–Trinajstić information content (AvgIpc) is 3.33. The Morgan fingerprint density at radius 1 is 1.24 bits per heavy atom. The van der Waals surface area contributed by atoms with Gasteiger partial charge in [-0.2, -0.15) is 0 Å². The van der Waals surface area contributed by atoms with Gasteiger partial charge in [-0.1, -0.05) is 30.3 Å². The quantitative estimate of drug-likeness (QED) is 0.888. The second kappa shape index (κ2) is 6.26. The summed E-state index contributed by atoms with van der Waals surface area (Å²) in [6, 6.07) is 13.2. The molecule has 0 unspecified atom stereocenters. The highest BCUT2D eigenvalue weighted by atomic mass is 79.9. The Balaban J connectivity index is 1.58. The third-order valence-corrected chi connectivity index (χ3v) is 3.95. The van der Waals surface area contributed by atoms with Crippen LogP contribution in [0.3, 0.4) is 0 Å². The van der Waals surface area contributed by atoms with Crippen LogP contribution in [0.1, 0.15) is 30.0 Å². The number of ether oxygens (including phenoxy) is 1. The van der Waals surface area contributed by atoms with Crippen LogP contribution < -0.4 is 5.32 Å².